The third-order valence-electron chi connectivity index (χ3n) is 4.58. The van der Waals surface area contributed by atoms with Crippen molar-refractivity contribution in [2.24, 2.45) is 4.99 Å². The minimum absolute atomic E-state index is 0.140. The second-order valence-corrected chi connectivity index (χ2v) is 7.08. The van der Waals surface area contributed by atoms with E-state index in [1.807, 2.05) is 54.6 Å². The molecule has 26 heavy (non-hydrogen) atoms. The standard InChI is InChI=1S/C20H16N4OS/c25-19(17-11-14-3-1-2-4-16(14)23-17)22-15-7-5-13(6-8-15)18-12-26-20-21-9-10-24(18)20/h1-8,11-12,23H,9-10H2,(H,22,25). The summed E-state index contributed by atoms with van der Waals surface area (Å²) < 4.78 is 0. The molecule has 0 bridgehead atoms. The van der Waals surface area contributed by atoms with E-state index in [-0.39, 0.29) is 5.91 Å². The fraction of sp³-hybridized carbons (Fsp3) is 0.100. The van der Waals surface area contributed by atoms with Crippen LogP contribution < -0.4 is 5.32 Å². The monoisotopic (exact) mass is 360 g/mol. The van der Waals surface area contributed by atoms with Crippen molar-refractivity contribution in [3.63, 3.8) is 0 Å². The Morgan fingerprint density at radius 3 is 2.85 bits per heavy atom. The lowest BCUT2D eigenvalue weighted by Crippen LogP contribution is -2.19. The number of benzene rings is 2. The average molecular weight is 360 g/mol. The van der Waals surface area contributed by atoms with E-state index in [1.165, 1.54) is 5.70 Å². The number of carbonyl (C=O) groups is 1. The smallest absolute Gasteiger partial charge is 0.272 e. The number of anilines is 1. The number of aliphatic imine (C=N–C) groups is 1. The lowest BCUT2D eigenvalue weighted by molar-refractivity contribution is 0.102. The number of fused-ring (bicyclic) bond motifs is 2. The van der Waals surface area contributed by atoms with Crippen LogP contribution >= 0.6 is 11.8 Å². The van der Waals surface area contributed by atoms with Crippen LogP contribution in [0.25, 0.3) is 16.6 Å². The maximum absolute atomic E-state index is 12.5. The van der Waals surface area contributed by atoms with Gasteiger partial charge >= 0.3 is 0 Å². The first kappa shape index (κ1) is 15.3. The molecule has 0 saturated heterocycles. The maximum Gasteiger partial charge on any atom is 0.272 e. The van der Waals surface area contributed by atoms with E-state index in [1.54, 1.807) is 11.8 Å². The van der Waals surface area contributed by atoms with Crippen molar-refractivity contribution in [3.8, 4) is 0 Å². The average Bonchev–Trinajstić information content (AvgIpc) is 3.37. The first-order chi connectivity index (χ1) is 12.8. The summed E-state index contributed by atoms with van der Waals surface area (Å²) in [4.78, 5) is 22.4. The molecule has 0 saturated carbocycles. The second kappa shape index (κ2) is 6.07. The number of amides is 1. The molecule has 2 aliphatic heterocycles. The zero-order valence-corrected chi connectivity index (χ0v) is 14.7. The molecule has 6 heteroatoms. The van der Waals surface area contributed by atoms with Gasteiger partial charge in [0.15, 0.2) is 5.17 Å². The number of hydrogen-bond donors (Lipinski definition) is 2. The van der Waals surface area contributed by atoms with Crippen LogP contribution in [-0.4, -0.2) is 34.0 Å². The summed E-state index contributed by atoms with van der Waals surface area (Å²) in [6, 6.07) is 17.7. The molecule has 0 fully saturated rings. The molecule has 128 valence electrons. The van der Waals surface area contributed by atoms with E-state index >= 15 is 0 Å². The predicted octanol–water partition coefficient (Wildman–Crippen LogP) is 4.14. The summed E-state index contributed by atoms with van der Waals surface area (Å²) in [5.41, 5.74) is 4.61. The van der Waals surface area contributed by atoms with E-state index in [0.717, 1.165) is 40.4 Å². The van der Waals surface area contributed by atoms with E-state index in [9.17, 15) is 4.79 Å². The molecule has 1 aromatic heterocycles. The number of para-hydroxylation sites is 1. The molecule has 2 aromatic carbocycles. The van der Waals surface area contributed by atoms with Crippen molar-refractivity contribution in [2.45, 2.75) is 0 Å². The van der Waals surface area contributed by atoms with Gasteiger partial charge in [0.2, 0.25) is 0 Å². The number of nitrogens with one attached hydrogen (secondary N) is 2. The molecule has 0 atom stereocenters. The molecule has 1 amide bonds. The van der Waals surface area contributed by atoms with Crippen molar-refractivity contribution < 1.29 is 4.79 Å². The van der Waals surface area contributed by atoms with Crippen LogP contribution in [-0.2, 0) is 0 Å². The predicted molar refractivity (Wildman–Crippen MR) is 107 cm³/mol. The number of thioether (sulfide) groups is 1. The van der Waals surface area contributed by atoms with Crippen LogP contribution in [0.4, 0.5) is 5.69 Å². The summed E-state index contributed by atoms with van der Waals surface area (Å²) in [7, 11) is 0. The Bertz CT molecular complexity index is 1030. The minimum atomic E-state index is -0.140. The molecule has 0 spiro atoms. The summed E-state index contributed by atoms with van der Waals surface area (Å²) in [5.74, 6) is -0.140. The first-order valence-electron chi connectivity index (χ1n) is 8.46. The second-order valence-electron chi connectivity index (χ2n) is 6.24. The molecule has 0 aliphatic carbocycles. The van der Waals surface area contributed by atoms with Crippen LogP contribution in [0.15, 0.2) is 65.0 Å². The highest BCUT2D eigenvalue weighted by Crippen LogP contribution is 2.35. The zero-order valence-electron chi connectivity index (χ0n) is 13.9. The van der Waals surface area contributed by atoms with E-state index in [0.29, 0.717) is 5.69 Å². The van der Waals surface area contributed by atoms with Crippen molar-refractivity contribution >= 4 is 45.1 Å². The summed E-state index contributed by atoms with van der Waals surface area (Å²) in [6.45, 7) is 1.80. The van der Waals surface area contributed by atoms with Gasteiger partial charge in [0, 0.05) is 28.5 Å². The third kappa shape index (κ3) is 2.59. The van der Waals surface area contributed by atoms with E-state index < -0.39 is 0 Å². The Morgan fingerprint density at radius 1 is 1.15 bits per heavy atom. The molecule has 5 rings (SSSR count). The van der Waals surface area contributed by atoms with Crippen molar-refractivity contribution in [1.82, 2.24) is 9.88 Å². The quantitative estimate of drug-likeness (QED) is 0.738. The number of nitrogens with zero attached hydrogens (tertiary/aromatic N) is 2. The van der Waals surface area contributed by atoms with Gasteiger partial charge in [-0.1, -0.05) is 42.1 Å². The highest BCUT2D eigenvalue weighted by molar-refractivity contribution is 8.16. The Morgan fingerprint density at radius 2 is 2.00 bits per heavy atom. The SMILES string of the molecule is O=C(Nc1ccc(C2=CSC3=NCCN23)cc1)c1cc2ccccc2[nH]1. The van der Waals surface area contributed by atoms with E-state index in [2.05, 4.69) is 25.6 Å². The molecule has 2 aliphatic rings. The lowest BCUT2D eigenvalue weighted by Gasteiger charge is -2.16. The fourth-order valence-electron chi connectivity index (χ4n) is 3.27. The molecule has 3 heterocycles. The number of hydrogen-bond acceptors (Lipinski definition) is 4. The van der Waals surface area contributed by atoms with Crippen molar-refractivity contribution in [1.29, 1.82) is 0 Å². The highest BCUT2D eigenvalue weighted by atomic mass is 32.2. The first-order valence-corrected chi connectivity index (χ1v) is 9.34. The van der Waals surface area contributed by atoms with Crippen molar-refractivity contribution in [3.05, 3.63) is 71.3 Å². The number of rotatable bonds is 3. The van der Waals surface area contributed by atoms with Gasteiger partial charge in [0.1, 0.15) is 5.69 Å². The van der Waals surface area contributed by atoms with Crippen LogP contribution in [0.2, 0.25) is 0 Å². The number of amidine groups is 1. The summed E-state index contributed by atoms with van der Waals surface area (Å²) >= 11 is 1.67. The summed E-state index contributed by atoms with van der Waals surface area (Å²) in [5, 5.41) is 7.20. The Hall–Kier alpha value is -2.99. The topological polar surface area (TPSA) is 60.5 Å². The Balaban J connectivity index is 1.33. The minimum Gasteiger partial charge on any atom is -0.351 e. The van der Waals surface area contributed by atoms with Gasteiger partial charge in [-0.15, -0.1) is 0 Å². The molecular formula is C20H16N4OS. The van der Waals surface area contributed by atoms with Gasteiger partial charge in [0.25, 0.3) is 5.91 Å². The Labute approximate surface area is 154 Å². The van der Waals surface area contributed by atoms with Crippen LogP contribution in [0.1, 0.15) is 16.1 Å². The molecule has 2 N–H and O–H groups in total. The van der Waals surface area contributed by atoms with Crippen LogP contribution in [0.5, 0.6) is 0 Å². The zero-order chi connectivity index (χ0) is 17.5. The normalized spacial score (nSPS) is 15.8. The van der Waals surface area contributed by atoms with Crippen LogP contribution in [0.3, 0.4) is 0 Å². The van der Waals surface area contributed by atoms with Gasteiger partial charge < -0.3 is 15.2 Å². The highest BCUT2D eigenvalue weighted by Gasteiger charge is 2.26. The summed E-state index contributed by atoms with van der Waals surface area (Å²) in [6.07, 6.45) is 0. The van der Waals surface area contributed by atoms with Crippen LogP contribution in [0, 0.1) is 0 Å². The molecule has 0 unspecified atom stereocenters. The number of H-pyrrole nitrogens is 1. The van der Waals surface area contributed by atoms with Gasteiger partial charge in [0.05, 0.1) is 12.2 Å². The van der Waals surface area contributed by atoms with Gasteiger partial charge in [-0.3, -0.25) is 9.79 Å². The number of aromatic nitrogens is 1. The van der Waals surface area contributed by atoms with E-state index in [4.69, 9.17) is 0 Å². The van der Waals surface area contributed by atoms with Crippen molar-refractivity contribution in [2.75, 3.05) is 18.4 Å². The number of aromatic amines is 1. The molecule has 5 nitrogen and oxygen atoms in total. The molecule has 0 radical (unpaired) electrons. The maximum atomic E-state index is 12.5. The molecule has 3 aromatic rings. The lowest BCUT2D eigenvalue weighted by atomic mass is 10.1. The number of carbonyl (C=O) groups excluding carboxylic acids is 1. The Kier molecular flexibility index (Phi) is 3.57. The largest absolute Gasteiger partial charge is 0.351 e. The van der Waals surface area contributed by atoms with Gasteiger partial charge in [-0.05, 0) is 29.8 Å². The van der Waals surface area contributed by atoms with Gasteiger partial charge in [-0.25, -0.2) is 0 Å². The third-order valence-corrected chi connectivity index (χ3v) is 5.48. The van der Waals surface area contributed by atoms with Gasteiger partial charge in [-0.2, -0.15) is 0 Å². The molecular weight excluding hydrogens is 344 g/mol. The fourth-order valence-corrected chi connectivity index (χ4v) is 4.23.